The van der Waals surface area contributed by atoms with Crippen molar-refractivity contribution < 1.29 is 9.90 Å². The van der Waals surface area contributed by atoms with E-state index in [1.165, 1.54) is 0 Å². The van der Waals surface area contributed by atoms with Crippen LogP contribution in [-0.4, -0.2) is 40.1 Å². The molecular formula is C18H24N2O2. The van der Waals surface area contributed by atoms with Crippen molar-refractivity contribution in [2.24, 2.45) is 0 Å². The first-order chi connectivity index (χ1) is 10.2. The summed E-state index contributed by atoms with van der Waals surface area (Å²) >= 11 is 0. The molecule has 2 rings (SSSR count). The Hall–Kier alpha value is -1.94. The molecule has 0 spiro atoms. The van der Waals surface area contributed by atoms with Crippen molar-refractivity contribution in [3.8, 4) is 0 Å². The smallest absolute Gasteiger partial charge is 0.226 e. The monoisotopic (exact) mass is 300 g/mol. The molecule has 0 aliphatic rings. The van der Waals surface area contributed by atoms with E-state index in [2.05, 4.69) is 4.98 Å². The molecule has 118 valence electrons. The van der Waals surface area contributed by atoms with Gasteiger partial charge >= 0.3 is 0 Å². The third kappa shape index (κ3) is 3.63. The van der Waals surface area contributed by atoms with Crippen molar-refractivity contribution in [3.05, 3.63) is 41.1 Å². The third-order valence-corrected chi connectivity index (χ3v) is 3.86. The zero-order valence-electron chi connectivity index (χ0n) is 14.0. The minimum Gasteiger partial charge on any atom is -0.389 e. The van der Waals surface area contributed by atoms with Gasteiger partial charge in [-0.25, -0.2) is 0 Å². The number of fused-ring (bicyclic) bond motifs is 1. The molecule has 1 aromatic carbocycles. The largest absolute Gasteiger partial charge is 0.389 e. The minimum absolute atomic E-state index is 0.00888. The van der Waals surface area contributed by atoms with Crippen molar-refractivity contribution in [3.63, 3.8) is 0 Å². The van der Waals surface area contributed by atoms with Gasteiger partial charge in [0.15, 0.2) is 0 Å². The van der Waals surface area contributed by atoms with Crippen LogP contribution < -0.4 is 0 Å². The summed E-state index contributed by atoms with van der Waals surface area (Å²) in [6.07, 6.45) is 0.308. The first kappa shape index (κ1) is 16.4. The van der Waals surface area contributed by atoms with Gasteiger partial charge in [0.25, 0.3) is 0 Å². The van der Waals surface area contributed by atoms with E-state index < -0.39 is 5.60 Å². The van der Waals surface area contributed by atoms with E-state index in [0.29, 0.717) is 13.0 Å². The summed E-state index contributed by atoms with van der Waals surface area (Å²) in [6.45, 7) is 7.69. The van der Waals surface area contributed by atoms with Crippen LogP contribution in [-0.2, 0) is 11.2 Å². The van der Waals surface area contributed by atoms with Gasteiger partial charge in [-0.15, -0.1) is 0 Å². The Kier molecular flexibility index (Phi) is 4.52. The molecule has 0 aliphatic carbocycles. The number of aryl methyl sites for hydroxylation is 2. The van der Waals surface area contributed by atoms with E-state index in [9.17, 15) is 9.90 Å². The zero-order chi connectivity index (χ0) is 16.5. The molecule has 22 heavy (non-hydrogen) atoms. The Balaban J connectivity index is 2.30. The first-order valence-corrected chi connectivity index (χ1v) is 7.50. The van der Waals surface area contributed by atoms with Crippen molar-refractivity contribution in [2.45, 2.75) is 39.7 Å². The maximum absolute atomic E-state index is 12.4. The van der Waals surface area contributed by atoms with Crippen LogP contribution in [0.1, 0.15) is 30.7 Å². The SMILES string of the molecule is Cc1nc2ccccc2c(C)c1CC(=O)N(C)CC(C)(C)O. The first-order valence-electron chi connectivity index (χ1n) is 7.50. The number of para-hydroxylation sites is 1. The molecule has 4 heteroatoms. The van der Waals surface area contributed by atoms with E-state index in [1.807, 2.05) is 38.1 Å². The lowest BCUT2D eigenvalue weighted by molar-refractivity contribution is -0.131. The summed E-state index contributed by atoms with van der Waals surface area (Å²) in [5, 5.41) is 10.9. The van der Waals surface area contributed by atoms with Crippen LogP contribution >= 0.6 is 0 Å². The van der Waals surface area contributed by atoms with E-state index in [-0.39, 0.29) is 5.91 Å². The van der Waals surface area contributed by atoms with E-state index >= 15 is 0 Å². The molecule has 1 aromatic heterocycles. The van der Waals surface area contributed by atoms with Crippen molar-refractivity contribution in [2.75, 3.05) is 13.6 Å². The molecule has 0 radical (unpaired) electrons. The second-order valence-electron chi connectivity index (χ2n) is 6.56. The van der Waals surface area contributed by atoms with Crippen LogP contribution in [0.2, 0.25) is 0 Å². The number of nitrogens with zero attached hydrogens (tertiary/aromatic N) is 2. The van der Waals surface area contributed by atoms with Gasteiger partial charge in [0.2, 0.25) is 5.91 Å². The average molecular weight is 300 g/mol. The highest BCUT2D eigenvalue weighted by atomic mass is 16.3. The number of hydrogen-bond donors (Lipinski definition) is 1. The van der Waals surface area contributed by atoms with Crippen LogP contribution in [0.3, 0.4) is 0 Å². The number of aliphatic hydroxyl groups is 1. The average Bonchev–Trinajstić information content (AvgIpc) is 2.41. The summed E-state index contributed by atoms with van der Waals surface area (Å²) in [4.78, 5) is 18.6. The maximum atomic E-state index is 12.4. The number of likely N-dealkylation sites (N-methyl/N-ethyl adjacent to an activating group) is 1. The van der Waals surface area contributed by atoms with Crippen molar-refractivity contribution in [1.29, 1.82) is 0 Å². The van der Waals surface area contributed by atoms with Gasteiger partial charge in [0.05, 0.1) is 17.5 Å². The predicted octanol–water partition coefficient (Wildman–Crippen LogP) is 2.62. The summed E-state index contributed by atoms with van der Waals surface area (Å²) in [5.41, 5.74) is 3.04. The Morgan fingerprint density at radius 1 is 1.27 bits per heavy atom. The predicted molar refractivity (Wildman–Crippen MR) is 88.9 cm³/mol. The molecule has 0 bridgehead atoms. The number of amides is 1. The summed E-state index contributed by atoms with van der Waals surface area (Å²) in [5.74, 6) is -0.00888. The molecule has 0 fully saturated rings. The number of carbonyl (C=O) groups excluding carboxylic acids is 1. The standard InChI is InChI=1S/C18H24N2O2/c1-12-14-8-6-7-9-16(14)19-13(2)15(12)10-17(21)20(5)11-18(3,4)22/h6-9,22H,10-11H2,1-5H3. The van der Waals surface area contributed by atoms with Gasteiger partial charge in [-0.2, -0.15) is 0 Å². The number of hydrogen-bond acceptors (Lipinski definition) is 3. The van der Waals surface area contributed by atoms with E-state index in [1.54, 1.807) is 25.8 Å². The highest BCUT2D eigenvalue weighted by Gasteiger charge is 2.21. The summed E-state index contributed by atoms with van der Waals surface area (Å²) in [7, 11) is 1.72. The third-order valence-electron chi connectivity index (χ3n) is 3.86. The fourth-order valence-electron chi connectivity index (χ4n) is 2.79. The topological polar surface area (TPSA) is 53.4 Å². The van der Waals surface area contributed by atoms with Crippen LogP contribution in [0.4, 0.5) is 0 Å². The number of aromatic nitrogens is 1. The molecule has 2 aromatic rings. The highest BCUT2D eigenvalue weighted by molar-refractivity contribution is 5.86. The lowest BCUT2D eigenvalue weighted by Gasteiger charge is -2.26. The van der Waals surface area contributed by atoms with E-state index in [4.69, 9.17) is 0 Å². The molecule has 1 amide bonds. The molecule has 1 heterocycles. The molecule has 0 atom stereocenters. The van der Waals surface area contributed by atoms with Gasteiger partial charge < -0.3 is 10.0 Å². The fourth-order valence-corrected chi connectivity index (χ4v) is 2.79. The molecule has 0 saturated carbocycles. The van der Waals surface area contributed by atoms with Gasteiger partial charge in [0.1, 0.15) is 0 Å². The molecule has 0 aliphatic heterocycles. The van der Waals surface area contributed by atoms with Gasteiger partial charge in [-0.3, -0.25) is 9.78 Å². The molecule has 0 unspecified atom stereocenters. The summed E-state index contributed by atoms with van der Waals surface area (Å²) < 4.78 is 0. The second kappa shape index (κ2) is 6.05. The van der Waals surface area contributed by atoms with Gasteiger partial charge in [-0.05, 0) is 44.9 Å². The van der Waals surface area contributed by atoms with Crippen LogP contribution in [0, 0.1) is 13.8 Å². The van der Waals surface area contributed by atoms with E-state index in [0.717, 1.165) is 27.7 Å². The molecule has 0 saturated heterocycles. The molecule has 4 nitrogen and oxygen atoms in total. The number of carbonyl (C=O) groups is 1. The fraction of sp³-hybridized carbons (Fsp3) is 0.444. The summed E-state index contributed by atoms with van der Waals surface area (Å²) in [6, 6.07) is 7.97. The van der Waals surface area contributed by atoms with Gasteiger partial charge in [-0.1, -0.05) is 18.2 Å². The van der Waals surface area contributed by atoms with Crippen LogP contribution in [0.25, 0.3) is 10.9 Å². The Labute approximate surface area is 131 Å². The molecule has 1 N–H and O–H groups in total. The number of benzene rings is 1. The number of pyridine rings is 1. The lowest BCUT2D eigenvalue weighted by atomic mass is 9.99. The normalized spacial score (nSPS) is 11.7. The van der Waals surface area contributed by atoms with Gasteiger partial charge in [0, 0.05) is 24.7 Å². The minimum atomic E-state index is -0.893. The zero-order valence-corrected chi connectivity index (χ0v) is 14.0. The quantitative estimate of drug-likeness (QED) is 0.944. The lowest BCUT2D eigenvalue weighted by Crippen LogP contribution is -2.40. The second-order valence-corrected chi connectivity index (χ2v) is 6.56. The number of rotatable bonds is 4. The van der Waals surface area contributed by atoms with Crippen molar-refractivity contribution in [1.82, 2.24) is 9.88 Å². The maximum Gasteiger partial charge on any atom is 0.226 e. The highest BCUT2D eigenvalue weighted by Crippen LogP contribution is 2.23. The Bertz CT molecular complexity index is 702. The molecular weight excluding hydrogens is 276 g/mol. The Morgan fingerprint density at radius 3 is 2.55 bits per heavy atom. The van der Waals surface area contributed by atoms with Crippen LogP contribution in [0.5, 0.6) is 0 Å². The van der Waals surface area contributed by atoms with Crippen LogP contribution in [0.15, 0.2) is 24.3 Å². The Morgan fingerprint density at radius 2 is 1.91 bits per heavy atom. The van der Waals surface area contributed by atoms with Crippen molar-refractivity contribution >= 4 is 16.8 Å².